The molecule has 1 atom stereocenters. The van der Waals surface area contributed by atoms with Crippen molar-refractivity contribution >= 4 is 22.5 Å². The van der Waals surface area contributed by atoms with Crippen LogP contribution in [0.15, 0.2) is 29.1 Å². The summed E-state index contributed by atoms with van der Waals surface area (Å²) in [7, 11) is 1.59. The highest BCUT2D eigenvalue weighted by molar-refractivity contribution is 6.15. The molecule has 0 fully saturated rings. The molecule has 1 unspecified atom stereocenters. The number of halogens is 1. The summed E-state index contributed by atoms with van der Waals surface area (Å²) in [5.41, 5.74) is 6.93. The van der Waals surface area contributed by atoms with Crippen LogP contribution in [-0.4, -0.2) is 18.5 Å². The first-order chi connectivity index (χ1) is 8.61. The largest absolute Gasteiger partial charge is 0.497 e. The molecule has 0 saturated heterocycles. The van der Waals surface area contributed by atoms with Crippen LogP contribution < -0.4 is 16.0 Å². The Bertz CT molecular complexity index is 579. The van der Waals surface area contributed by atoms with E-state index in [1.807, 2.05) is 18.2 Å². The molecule has 0 saturated carbocycles. The van der Waals surface area contributed by atoms with E-state index in [4.69, 9.17) is 10.5 Å². The highest BCUT2D eigenvalue weighted by atomic mass is 35.5. The number of hydrogen-bond acceptors (Lipinski definition) is 3. The highest BCUT2D eigenvalue weighted by Crippen LogP contribution is 2.19. The minimum Gasteiger partial charge on any atom is -0.497 e. The summed E-state index contributed by atoms with van der Waals surface area (Å²) < 4.78 is 5.09. The van der Waals surface area contributed by atoms with Crippen molar-refractivity contribution in [2.24, 2.45) is 5.73 Å². The number of hydrogen-bond donors (Lipinski definition) is 2. The molecule has 4 nitrogen and oxygen atoms in total. The Balaban J connectivity index is 0.000000771. The number of aromatic amines is 1. The number of aromatic nitrogens is 1. The van der Waals surface area contributed by atoms with Crippen molar-refractivity contribution in [2.45, 2.75) is 13.0 Å². The SMILES string of the molecule is CCl.COc1ccc2cc(C(C)N)c(=O)[nH]c2c1. The Labute approximate surface area is 111 Å². The highest BCUT2D eigenvalue weighted by Gasteiger charge is 2.07. The number of H-pyrrole nitrogens is 1. The van der Waals surface area contributed by atoms with Crippen LogP contribution in [0, 0.1) is 0 Å². The van der Waals surface area contributed by atoms with E-state index in [1.54, 1.807) is 20.1 Å². The van der Waals surface area contributed by atoms with E-state index in [0.717, 1.165) is 16.7 Å². The second kappa shape index (κ2) is 6.42. The van der Waals surface area contributed by atoms with Crippen molar-refractivity contribution in [3.05, 3.63) is 40.2 Å². The van der Waals surface area contributed by atoms with Crippen LogP contribution in [0.5, 0.6) is 5.75 Å². The van der Waals surface area contributed by atoms with Gasteiger partial charge >= 0.3 is 0 Å². The van der Waals surface area contributed by atoms with Gasteiger partial charge in [0, 0.05) is 24.1 Å². The molecule has 1 aromatic heterocycles. The number of ether oxygens (including phenoxy) is 1. The van der Waals surface area contributed by atoms with E-state index in [1.165, 1.54) is 6.38 Å². The normalized spacial score (nSPS) is 11.6. The molecule has 0 aliphatic heterocycles. The number of methoxy groups -OCH3 is 1. The van der Waals surface area contributed by atoms with E-state index in [-0.39, 0.29) is 11.6 Å². The molecule has 98 valence electrons. The van der Waals surface area contributed by atoms with Crippen LogP contribution in [0.25, 0.3) is 10.9 Å². The van der Waals surface area contributed by atoms with Crippen LogP contribution in [-0.2, 0) is 0 Å². The van der Waals surface area contributed by atoms with Crippen LogP contribution in [0.3, 0.4) is 0 Å². The molecule has 3 N–H and O–H groups in total. The first-order valence-electron chi connectivity index (χ1n) is 5.46. The number of alkyl halides is 1. The maximum atomic E-state index is 11.7. The number of nitrogens with one attached hydrogen (secondary N) is 1. The molecular weight excluding hydrogens is 252 g/mol. The zero-order valence-corrected chi connectivity index (χ0v) is 11.4. The second-order valence-electron chi connectivity index (χ2n) is 3.80. The smallest absolute Gasteiger partial charge is 0.253 e. The number of pyridine rings is 1. The van der Waals surface area contributed by atoms with E-state index in [9.17, 15) is 4.79 Å². The van der Waals surface area contributed by atoms with Crippen molar-refractivity contribution in [1.29, 1.82) is 0 Å². The van der Waals surface area contributed by atoms with E-state index in [2.05, 4.69) is 16.6 Å². The van der Waals surface area contributed by atoms with Crippen molar-refractivity contribution in [2.75, 3.05) is 13.5 Å². The minimum atomic E-state index is -0.268. The van der Waals surface area contributed by atoms with Gasteiger partial charge in [0.1, 0.15) is 5.75 Å². The lowest BCUT2D eigenvalue weighted by Gasteiger charge is -2.07. The zero-order valence-electron chi connectivity index (χ0n) is 10.7. The average Bonchev–Trinajstić information content (AvgIpc) is 2.39. The molecule has 2 aromatic rings. The molecule has 18 heavy (non-hydrogen) atoms. The van der Waals surface area contributed by atoms with Gasteiger partial charge in [-0.25, -0.2) is 0 Å². The predicted octanol–water partition coefficient (Wildman–Crippen LogP) is 2.41. The standard InChI is InChI=1S/C12H14N2O2.CH3Cl/c1-7(13)10-5-8-3-4-9(16-2)6-11(8)14-12(10)15;1-2/h3-7H,13H2,1-2H3,(H,14,15);1H3. The monoisotopic (exact) mass is 268 g/mol. The fourth-order valence-electron chi connectivity index (χ4n) is 1.66. The topological polar surface area (TPSA) is 68.1 Å². The maximum absolute atomic E-state index is 11.7. The Morgan fingerprint density at radius 1 is 1.33 bits per heavy atom. The molecule has 0 bridgehead atoms. The molecule has 0 radical (unpaired) electrons. The lowest BCUT2D eigenvalue weighted by molar-refractivity contribution is 0.415. The molecule has 5 heteroatoms. The van der Waals surface area contributed by atoms with Crippen molar-refractivity contribution in [3.63, 3.8) is 0 Å². The van der Waals surface area contributed by atoms with Gasteiger partial charge in [0.2, 0.25) is 0 Å². The summed E-state index contributed by atoms with van der Waals surface area (Å²) in [6, 6.07) is 7.09. The van der Waals surface area contributed by atoms with Gasteiger partial charge in [0.05, 0.1) is 12.6 Å². The van der Waals surface area contributed by atoms with Crippen LogP contribution in [0.1, 0.15) is 18.5 Å². The number of fused-ring (bicyclic) bond motifs is 1. The fraction of sp³-hybridized carbons (Fsp3) is 0.308. The summed E-state index contributed by atoms with van der Waals surface area (Å²) in [6.45, 7) is 1.79. The third kappa shape index (κ3) is 3.03. The average molecular weight is 269 g/mol. The number of rotatable bonds is 2. The van der Waals surface area contributed by atoms with Gasteiger partial charge in [-0.05, 0) is 30.5 Å². The molecule has 2 rings (SSSR count). The summed E-state index contributed by atoms with van der Waals surface area (Å²) in [6.07, 6.45) is 1.47. The summed E-state index contributed by atoms with van der Waals surface area (Å²) in [5.74, 6) is 0.719. The molecular formula is C13H17ClN2O2. The predicted molar refractivity (Wildman–Crippen MR) is 75.5 cm³/mol. The summed E-state index contributed by atoms with van der Waals surface area (Å²) in [4.78, 5) is 14.5. The molecule has 0 aliphatic rings. The molecule has 0 aliphatic carbocycles. The van der Waals surface area contributed by atoms with Gasteiger partial charge < -0.3 is 15.5 Å². The molecule has 1 aromatic carbocycles. The Hall–Kier alpha value is -1.52. The van der Waals surface area contributed by atoms with E-state index < -0.39 is 0 Å². The zero-order chi connectivity index (χ0) is 13.7. The van der Waals surface area contributed by atoms with E-state index >= 15 is 0 Å². The maximum Gasteiger partial charge on any atom is 0.253 e. The quantitative estimate of drug-likeness (QED) is 0.822. The lowest BCUT2D eigenvalue weighted by Crippen LogP contribution is -2.19. The van der Waals surface area contributed by atoms with Crippen LogP contribution in [0.4, 0.5) is 0 Å². The third-order valence-corrected chi connectivity index (χ3v) is 2.57. The first kappa shape index (κ1) is 14.5. The minimum absolute atomic E-state index is 0.143. The lowest BCUT2D eigenvalue weighted by atomic mass is 10.1. The summed E-state index contributed by atoms with van der Waals surface area (Å²) in [5, 5.41) is 0.952. The first-order valence-corrected chi connectivity index (χ1v) is 6.22. The van der Waals surface area contributed by atoms with Crippen LogP contribution >= 0.6 is 11.6 Å². The summed E-state index contributed by atoms with van der Waals surface area (Å²) >= 11 is 4.64. The van der Waals surface area contributed by atoms with Gasteiger partial charge in [0.25, 0.3) is 5.56 Å². The Morgan fingerprint density at radius 3 is 2.56 bits per heavy atom. The van der Waals surface area contributed by atoms with Gasteiger partial charge in [-0.1, -0.05) is 0 Å². The van der Waals surface area contributed by atoms with Gasteiger partial charge in [-0.15, -0.1) is 11.6 Å². The molecule has 0 amide bonds. The second-order valence-corrected chi connectivity index (χ2v) is 3.80. The fourth-order valence-corrected chi connectivity index (χ4v) is 1.66. The third-order valence-electron chi connectivity index (χ3n) is 2.57. The molecule has 1 heterocycles. The Morgan fingerprint density at radius 2 is 2.00 bits per heavy atom. The van der Waals surface area contributed by atoms with Crippen molar-refractivity contribution < 1.29 is 4.74 Å². The van der Waals surface area contributed by atoms with Crippen molar-refractivity contribution in [3.8, 4) is 5.75 Å². The molecule has 0 spiro atoms. The van der Waals surface area contributed by atoms with Gasteiger partial charge in [-0.3, -0.25) is 4.79 Å². The number of benzene rings is 1. The Kier molecular flexibility index (Phi) is 5.19. The van der Waals surface area contributed by atoms with E-state index in [0.29, 0.717) is 5.56 Å². The number of nitrogens with two attached hydrogens (primary N) is 1. The van der Waals surface area contributed by atoms with Gasteiger partial charge in [-0.2, -0.15) is 0 Å². The van der Waals surface area contributed by atoms with Crippen LogP contribution in [0.2, 0.25) is 0 Å². The van der Waals surface area contributed by atoms with Crippen molar-refractivity contribution in [1.82, 2.24) is 4.98 Å². The van der Waals surface area contributed by atoms with Gasteiger partial charge in [0.15, 0.2) is 0 Å².